The van der Waals surface area contributed by atoms with Gasteiger partial charge in [0.05, 0.1) is 11.0 Å². The van der Waals surface area contributed by atoms with Gasteiger partial charge in [0.1, 0.15) is 18.5 Å². The van der Waals surface area contributed by atoms with E-state index in [1.54, 1.807) is 11.3 Å². The predicted octanol–water partition coefficient (Wildman–Crippen LogP) is 3.85. The number of nitrogens with two attached hydrogens (primary N) is 1. The lowest BCUT2D eigenvalue weighted by Crippen LogP contribution is -2.33. The summed E-state index contributed by atoms with van der Waals surface area (Å²) in [7, 11) is 2.14. The van der Waals surface area contributed by atoms with Gasteiger partial charge in [-0.25, -0.2) is 0 Å². The van der Waals surface area contributed by atoms with Gasteiger partial charge in [0.25, 0.3) is 5.89 Å². The Bertz CT molecular complexity index is 1190. The molecule has 2 heterocycles. The third kappa shape index (κ3) is 7.61. The highest BCUT2D eigenvalue weighted by Crippen LogP contribution is 2.34. The van der Waals surface area contributed by atoms with E-state index in [9.17, 15) is 15.0 Å². The van der Waals surface area contributed by atoms with Gasteiger partial charge in [0.2, 0.25) is 11.7 Å². The molecule has 0 radical (unpaired) electrons. The second kappa shape index (κ2) is 13.1. The Morgan fingerprint density at radius 2 is 1.97 bits per heavy atom. The fourth-order valence-electron chi connectivity index (χ4n) is 4.04. The fourth-order valence-corrected chi connectivity index (χ4v) is 5.22. The van der Waals surface area contributed by atoms with Gasteiger partial charge in [-0.05, 0) is 75.2 Å². The van der Waals surface area contributed by atoms with E-state index < -0.39 is 18.1 Å². The van der Waals surface area contributed by atoms with Crippen LogP contribution in [-0.4, -0.2) is 63.6 Å². The van der Waals surface area contributed by atoms with E-state index in [2.05, 4.69) is 42.0 Å². The molecule has 3 aromatic rings. The van der Waals surface area contributed by atoms with Crippen LogP contribution >= 0.6 is 11.3 Å². The number of thiophene rings is 1. The second-order valence-electron chi connectivity index (χ2n) is 9.48. The standard InChI is InChI=1S/C27H38N4O5S/c1-6-8-9-31(5)14-23-16(3)11-22(37-23)27-29-26(30-36-27)19-10-17(4)24(18(7-2)12-19)35-15-20(32)13-21(33)25(28)34/h10-12,20-21,32-33H,6-9,13-15H2,1-5H3,(H2,28,34)/t20-,21?/m0/s1. The number of carbonyl (C=O) groups is 1. The number of nitrogens with zero attached hydrogens (tertiary/aromatic N) is 3. The Balaban J connectivity index is 1.74. The van der Waals surface area contributed by atoms with Gasteiger partial charge < -0.3 is 30.1 Å². The first kappa shape index (κ1) is 28.8. The molecule has 0 bridgehead atoms. The van der Waals surface area contributed by atoms with Crippen LogP contribution in [0.2, 0.25) is 0 Å². The molecular weight excluding hydrogens is 492 g/mol. The summed E-state index contributed by atoms with van der Waals surface area (Å²) in [6, 6.07) is 5.97. The smallest absolute Gasteiger partial charge is 0.268 e. The maximum Gasteiger partial charge on any atom is 0.268 e. The normalized spacial score (nSPS) is 13.2. The zero-order chi connectivity index (χ0) is 27.1. The summed E-state index contributed by atoms with van der Waals surface area (Å²) in [6.45, 7) is 10.1. The number of hydrogen-bond donors (Lipinski definition) is 3. The first-order chi connectivity index (χ1) is 17.6. The number of aryl methyl sites for hydroxylation is 3. The number of amides is 1. The quantitative estimate of drug-likeness (QED) is 0.286. The number of rotatable bonds is 14. The number of aliphatic hydroxyl groups is 2. The largest absolute Gasteiger partial charge is 0.490 e. The van der Waals surface area contributed by atoms with E-state index in [1.165, 1.54) is 23.3 Å². The summed E-state index contributed by atoms with van der Waals surface area (Å²) in [5.74, 6) is 0.768. The monoisotopic (exact) mass is 530 g/mol. The van der Waals surface area contributed by atoms with Gasteiger partial charge in [-0.3, -0.25) is 4.79 Å². The van der Waals surface area contributed by atoms with Crippen LogP contribution in [0, 0.1) is 13.8 Å². The Morgan fingerprint density at radius 3 is 2.65 bits per heavy atom. The molecule has 37 heavy (non-hydrogen) atoms. The average molecular weight is 531 g/mol. The molecule has 0 saturated heterocycles. The summed E-state index contributed by atoms with van der Waals surface area (Å²) in [4.78, 5) is 20.3. The lowest BCUT2D eigenvalue weighted by Gasteiger charge is -2.18. The minimum absolute atomic E-state index is 0.0718. The number of carbonyl (C=O) groups excluding carboxylic acids is 1. The summed E-state index contributed by atoms with van der Waals surface area (Å²) in [5.41, 5.74) is 8.87. The van der Waals surface area contributed by atoms with Gasteiger partial charge in [-0.2, -0.15) is 4.98 Å². The molecule has 4 N–H and O–H groups in total. The number of aromatic nitrogens is 2. The highest BCUT2D eigenvalue weighted by molar-refractivity contribution is 7.15. The molecule has 0 saturated carbocycles. The lowest BCUT2D eigenvalue weighted by atomic mass is 10.0. The summed E-state index contributed by atoms with van der Waals surface area (Å²) in [6.07, 6.45) is 0.427. The molecule has 0 aliphatic carbocycles. The van der Waals surface area contributed by atoms with Gasteiger partial charge in [0.15, 0.2) is 0 Å². The van der Waals surface area contributed by atoms with E-state index >= 15 is 0 Å². The van der Waals surface area contributed by atoms with Gasteiger partial charge >= 0.3 is 0 Å². The van der Waals surface area contributed by atoms with Crippen LogP contribution in [0.5, 0.6) is 5.75 Å². The highest BCUT2D eigenvalue weighted by atomic mass is 32.1. The first-order valence-corrected chi connectivity index (χ1v) is 13.5. The Labute approximate surface area is 222 Å². The molecule has 1 aromatic carbocycles. The number of aliphatic hydroxyl groups excluding tert-OH is 2. The van der Waals surface area contributed by atoms with Crippen LogP contribution in [0.4, 0.5) is 0 Å². The molecular formula is C27H38N4O5S. The van der Waals surface area contributed by atoms with Crippen molar-refractivity contribution in [1.29, 1.82) is 0 Å². The number of ether oxygens (including phenoxy) is 1. The lowest BCUT2D eigenvalue weighted by molar-refractivity contribution is -0.127. The molecule has 3 rings (SSSR count). The first-order valence-electron chi connectivity index (χ1n) is 12.7. The highest BCUT2D eigenvalue weighted by Gasteiger charge is 2.20. The summed E-state index contributed by atoms with van der Waals surface area (Å²) < 4.78 is 11.5. The van der Waals surface area contributed by atoms with E-state index in [4.69, 9.17) is 15.0 Å². The van der Waals surface area contributed by atoms with Gasteiger partial charge in [-0.15, -0.1) is 11.3 Å². The van der Waals surface area contributed by atoms with Crippen molar-refractivity contribution in [2.24, 2.45) is 5.73 Å². The van der Waals surface area contributed by atoms with Crippen molar-refractivity contribution < 1.29 is 24.3 Å². The van der Waals surface area contributed by atoms with Crippen LogP contribution in [0.1, 0.15) is 54.7 Å². The number of primary amides is 1. The van der Waals surface area contributed by atoms with Crippen molar-refractivity contribution >= 4 is 17.2 Å². The van der Waals surface area contributed by atoms with Crippen molar-refractivity contribution in [3.05, 3.63) is 39.8 Å². The topological polar surface area (TPSA) is 135 Å². The molecule has 9 nitrogen and oxygen atoms in total. The molecule has 1 amide bonds. The minimum Gasteiger partial charge on any atom is -0.490 e. The molecule has 0 fully saturated rings. The van der Waals surface area contributed by atoms with E-state index in [1.807, 2.05) is 26.0 Å². The van der Waals surface area contributed by atoms with E-state index in [0.29, 0.717) is 23.9 Å². The fraction of sp³-hybridized carbons (Fsp3) is 0.519. The van der Waals surface area contributed by atoms with E-state index in [0.717, 1.165) is 34.7 Å². The summed E-state index contributed by atoms with van der Waals surface area (Å²) in [5, 5.41) is 23.9. The Kier molecular flexibility index (Phi) is 10.2. The molecule has 2 atom stereocenters. The zero-order valence-corrected chi connectivity index (χ0v) is 23.1. The molecule has 0 aliphatic rings. The Morgan fingerprint density at radius 1 is 1.22 bits per heavy atom. The maximum atomic E-state index is 11.0. The Hall–Kier alpha value is -2.79. The number of unbranched alkanes of at least 4 members (excludes halogenated alkanes) is 1. The van der Waals surface area contributed by atoms with Gasteiger partial charge in [-0.1, -0.05) is 25.4 Å². The third-order valence-electron chi connectivity index (χ3n) is 6.20. The SMILES string of the molecule is CCCCN(C)Cc1sc(-c2nc(-c3cc(C)c(OC[C@@H](O)CC(O)C(N)=O)c(CC)c3)no2)cc1C. The second-order valence-corrected chi connectivity index (χ2v) is 10.6. The molecule has 202 valence electrons. The molecule has 1 unspecified atom stereocenters. The van der Waals surface area contributed by atoms with Crippen molar-refractivity contribution in [3.63, 3.8) is 0 Å². The summed E-state index contributed by atoms with van der Waals surface area (Å²) >= 11 is 1.68. The number of hydrogen-bond acceptors (Lipinski definition) is 9. The predicted molar refractivity (Wildman–Crippen MR) is 144 cm³/mol. The minimum atomic E-state index is -1.41. The van der Waals surface area contributed by atoms with Gasteiger partial charge in [0, 0.05) is 23.4 Å². The van der Waals surface area contributed by atoms with Crippen LogP contribution in [0.25, 0.3) is 22.2 Å². The molecule has 0 spiro atoms. The van der Waals surface area contributed by atoms with Crippen molar-refractivity contribution in [3.8, 4) is 27.9 Å². The average Bonchev–Trinajstić information content (AvgIpc) is 3.48. The van der Waals surface area contributed by atoms with Crippen LogP contribution in [0.15, 0.2) is 22.7 Å². The van der Waals surface area contributed by atoms with Crippen molar-refractivity contribution in [2.45, 2.75) is 72.1 Å². The van der Waals surface area contributed by atoms with Crippen LogP contribution < -0.4 is 10.5 Å². The molecule has 2 aromatic heterocycles. The maximum absolute atomic E-state index is 11.0. The molecule has 10 heteroatoms. The van der Waals surface area contributed by atoms with Crippen molar-refractivity contribution in [2.75, 3.05) is 20.2 Å². The zero-order valence-electron chi connectivity index (χ0n) is 22.3. The van der Waals surface area contributed by atoms with Crippen LogP contribution in [-0.2, 0) is 17.8 Å². The third-order valence-corrected chi connectivity index (χ3v) is 7.41. The van der Waals surface area contributed by atoms with E-state index in [-0.39, 0.29) is 13.0 Å². The van der Waals surface area contributed by atoms with Crippen molar-refractivity contribution in [1.82, 2.24) is 15.0 Å². The number of benzene rings is 1. The molecule has 0 aliphatic heterocycles. The van der Waals surface area contributed by atoms with Crippen LogP contribution in [0.3, 0.4) is 0 Å².